The Morgan fingerprint density at radius 1 is 1.60 bits per heavy atom. The maximum atomic E-state index is 11.2. The molecule has 7 nitrogen and oxygen atoms in total. The van der Waals surface area contributed by atoms with Crippen LogP contribution in [-0.2, 0) is 4.79 Å². The number of rotatable bonds is 4. The number of nitrogens with one attached hydrogen (secondary N) is 1. The molecule has 3 N–H and O–H groups in total. The van der Waals surface area contributed by atoms with Gasteiger partial charge in [0, 0.05) is 19.3 Å². The van der Waals surface area contributed by atoms with Crippen molar-refractivity contribution in [3.05, 3.63) is 22.0 Å². The largest absolute Gasteiger partial charge is 0.358 e. The molecule has 7 heteroatoms. The van der Waals surface area contributed by atoms with Crippen LogP contribution in [0.25, 0.3) is 0 Å². The molecule has 0 spiro atoms. The maximum Gasteiger partial charge on any atom is 0.315 e. The zero-order valence-corrected chi connectivity index (χ0v) is 8.85. The van der Waals surface area contributed by atoms with Crippen molar-refractivity contribution in [2.75, 3.05) is 7.05 Å². The number of aliphatic imine (C=N–C) groups is 1. The third-order valence-electron chi connectivity index (χ3n) is 1.64. The summed E-state index contributed by atoms with van der Waals surface area (Å²) >= 11 is 0. The Kier molecular flexibility index (Phi) is 4.43. The van der Waals surface area contributed by atoms with Crippen molar-refractivity contribution in [1.82, 2.24) is 5.32 Å². The van der Waals surface area contributed by atoms with Crippen molar-refractivity contribution in [3.8, 4) is 0 Å². The van der Waals surface area contributed by atoms with E-state index < -0.39 is 16.3 Å². The van der Waals surface area contributed by atoms with Gasteiger partial charge in [-0.15, -0.1) is 0 Å². The first kappa shape index (κ1) is 13.1. The first-order valence-corrected chi connectivity index (χ1v) is 4.19. The molecule has 0 rings (SSSR count). The predicted octanol–water partition coefficient (Wildman–Crippen LogP) is -0.341. The van der Waals surface area contributed by atoms with E-state index in [9.17, 15) is 14.9 Å². The van der Waals surface area contributed by atoms with E-state index in [2.05, 4.69) is 10.3 Å². The highest BCUT2D eigenvalue weighted by Gasteiger charge is 2.24. The van der Waals surface area contributed by atoms with E-state index in [0.717, 1.165) is 12.3 Å². The van der Waals surface area contributed by atoms with Gasteiger partial charge in [-0.3, -0.25) is 15.5 Å². The summed E-state index contributed by atoms with van der Waals surface area (Å²) in [6.07, 6.45) is 2.18. The molecule has 1 amide bonds. The Balaban J connectivity index is 4.60. The van der Waals surface area contributed by atoms with Gasteiger partial charge in [0.05, 0.1) is 0 Å². The van der Waals surface area contributed by atoms with Gasteiger partial charge in [-0.2, -0.15) is 0 Å². The lowest BCUT2D eigenvalue weighted by Gasteiger charge is -2.16. The monoisotopic (exact) mass is 214 g/mol. The van der Waals surface area contributed by atoms with Crippen LogP contribution in [0.15, 0.2) is 16.9 Å². The molecule has 0 saturated carbocycles. The fourth-order valence-electron chi connectivity index (χ4n) is 0.725. The average Bonchev–Trinajstić information content (AvgIpc) is 2.15. The Morgan fingerprint density at radius 2 is 2.13 bits per heavy atom. The summed E-state index contributed by atoms with van der Waals surface area (Å²) < 4.78 is 0. The van der Waals surface area contributed by atoms with Gasteiger partial charge in [-0.1, -0.05) is 0 Å². The van der Waals surface area contributed by atoms with E-state index in [4.69, 9.17) is 5.73 Å². The number of allylic oxidation sites excluding steroid dienone is 1. The summed E-state index contributed by atoms with van der Waals surface area (Å²) in [4.78, 5) is 24.5. The van der Waals surface area contributed by atoms with Crippen molar-refractivity contribution >= 4 is 12.1 Å². The summed E-state index contributed by atoms with van der Waals surface area (Å²) in [5.74, 6) is -0.807. The van der Waals surface area contributed by atoms with E-state index in [1.165, 1.54) is 7.05 Å². The van der Waals surface area contributed by atoms with Crippen LogP contribution >= 0.6 is 0 Å². The van der Waals surface area contributed by atoms with Gasteiger partial charge in [0.2, 0.25) is 5.91 Å². The minimum atomic E-state index is -0.970. The third-order valence-corrected chi connectivity index (χ3v) is 1.64. The number of carbonyl (C=O) groups excluding carboxylic acids is 1. The summed E-state index contributed by atoms with van der Waals surface area (Å²) in [6.45, 7) is 3.16. The van der Waals surface area contributed by atoms with Crippen LogP contribution in [0.3, 0.4) is 0 Å². The highest BCUT2D eigenvalue weighted by molar-refractivity contribution is 5.87. The van der Waals surface area contributed by atoms with E-state index in [1.807, 2.05) is 0 Å². The van der Waals surface area contributed by atoms with Gasteiger partial charge in [0.15, 0.2) is 0 Å². The predicted molar refractivity (Wildman–Crippen MR) is 55.9 cm³/mol. The first-order chi connectivity index (χ1) is 6.81. The number of nitrogens with two attached hydrogens (primary N) is 1. The number of nitrogens with zero attached hydrogens (tertiary/aromatic N) is 2. The number of nitro groups is 1. The lowest BCUT2D eigenvalue weighted by Crippen LogP contribution is -2.38. The molecule has 0 heterocycles. The molecule has 0 aliphatic heterocycles. The molecule has 0 aliphatic carbocycles. The fourth-order valence-corrected chi connectivity index (χ4v) is 0.725. The Morgan fingerprint density at radius 3 is 2.53 bits per heavy atom. The fraction of sp³-hybridized carbons (Fsp3) is 0.500. The van der Waals surface area contributed by atoms with E-state index >= 15 is 0 Å². The Hall–Kier alpha value is -1.92. The number of hydrogen-bond donors (Lipinski definition) is 2. The maximum absolute atomic E-state index is 11.2. The molecule has 0 aromatic heterocycles. The molecule has 0 bridgehead atoms. The van der Waals surface area contributed by atoms with Gasteiger partial charge in [-0.05, 0) is 18.8 Å². The third kappa shape index (κ3) is 4.21. The second kappa shape index (κ2) is 5.08. The molecule has 0 saturated heterocycles. The summed E-state index contributed by atoms with van der Waals surface area (Å²) in [5, 5.41) is 12.5. The van der Waals surface area contributed by atoms with Crippen molar-refractivity contribution in [2.24, 2.45) is 10.7 Å². The van der Waals surface area contributed by atoms with Crippen LogP contribution in [0, 0.1) is 10.1 Å². The standard InChI is InChI=1S/C8H14N4O3/c1-8(2,7(13)10-3)11-5-4-6(9)12(14)15/h4-5H,9H2,1-3H3,(H,10,13). The number of carbonyl (C=O) groups is 1. The lowest BCUT2D eigenvalue weighted by molar-refractivity contribution is -0.426. The molecular weight excluding hydrogens is 200 g/mol. The SMILES string of the molecule is CNC(=O)C(C)(C)N=CC=C(N)[N+](=O)[O-]. The van der Waals surface area contributed by atoms with Crippen molar-refractivity contribution in [3.63, 3.8) is 0 Å². The van der Waals surface area contributed by atoms with E-state index in [0.29, 0.717) is 0 Å². The molecule has 0 unspecified atom stereocenters. The van der Waals surface area contributed by atoms with E-state index in [1.54, 1.807) is 13.8 Å². The van der Waals surface area contributed by atoms with Gasteiger partial charge in [-0.25, -0.2) is 0 Å². The number of amides is 1. The quantitative estimate of drug-likeness (QED) is 0.378. The molecule has 0 aromatic rings. The van der Waals surface area contributed by atoms with Crippen LogP contribution in [0.4, 0.5) is 0 Å². The second-order valence-electron chi connectivity index (χ2n) is 3.26. The topological polar surface area (TPSA) is 111 Å². The number of likely N-dealkylation sites (N-methyl/N-ethyl adjacent to an activating group) is 1. The Labute approximate surface area is 87.2 Å². The van der Waals surface area contributed by atoms with E-state index in [-0.39, 0.29) is 5.91 Å². The summed E-state index contributed by atoms with van der Waals surface area (Å²) in [6, 6.07) is 0. The van der Waals surface area contributed by atoms with Crippen LogP contribution < -0.4 is 11.1 Å². The van der Waals surface area contributed by atoms with Gasteiger partial charge in [0.25, 0.3) is 0 Å². The second-order valence-corrected chi connectivity index (χ2v) is 3.26. The van der Waals surface area contributed by atoms with Crippen molar-refractivity contribution in [1.29, 1.82) is 0 Å². The number of hydrogen-bond acceptors (Lipinski definition) is 5. The molecule has 84 valence electrons. The molecule has 0 atom stereocenters. The smallest absolute Gasteiger partial charge is 0.315 e. The molecule has 0 fully saturated rings. The van der Waals surface area contributed by atoms with Gasteiger partial charge < -0.3 is 15.4 Å². The van der Waals surface area contributed by atoms with Crippen LogP contribution in [0.5, 0.6) is 0 Å². The molecule has 15 heavy (non-hydrogen) atoms. The highest BCUT2D eigenvalue weighted by atomic mass is 16.6. The molecular formula is C8H14N4O3. The zero-order chi connectivity index (χ0) is 12.1. The van der Waals surface area contributed by atoms with Crippen LogP contribution in [0.2, 0.25) is 0 Å². The van der Waals surface area contributed by atoms with Gasteiger partial charge in [0.1, 0.15) is 5.54 Å². The normalized spacial score (nSPS) is 12.9. The minimum Gasteiger partial charge on any atom is -0.358 e. The summed E-state index contributed by atoms with van der Waals surface area (Å²) in [7, 11) is 1.49. The first-order valence-electron chi connectivity index (χ1n) is 4.19. The van der Waals surface area contributed by atoms with Crippen LogP contribution in [-0.4, -0.2) is 29.6 Å². The zero-order valence-electron chi connectivity index (χ0n) is 8.85. The minimum absolute atomic E-state index is 0.285. The Bertz CT molecular complexity index is 320. The lowest BCUT2D eigenvalue weighted by atomic mass is 10.1. The van der Waals surface area contributed by atoms with Crippen LogP contribution in [0.1, 0.15) is 13.8 Å². The molecule has 0 aliphatic rings. The van der Waals surface area contributed by atoms with Crippen molar-refractivity contribution in [2.45, 2.75) is 19.4 Å². The summed E-state index contributed by atoms with van der Waals surface area (Å²) in [5.41, 5.74) is 4.05. The van der Waals surface area contributed by atoms with Gasteiger partial charge >= 0.3 is 5.82 Å². The highest BCUT2D eigenvalue weighted by Crippen LogP contribution is 2.07. The van der Waals surface area contributed by atoms with Crippen molar-refractivity contribution < 1.29 is 9.72 Å². The average molecular weight is 214 g/mol. The molecule has 0 aromatic carbocycles. The molecule has 0 radical (unpaired) electrons.